The van der Waals surface area contributed by atoms with Crippen molar-refractivity contribution in [1.82, 2.24) is 0 Å². The van der Waals surface area contributed by atoms with E-state index in [-0.39, 0.29) is 22.0 Å². The van der Waals surface area contributed by atoms with Crippen molar-refractivity contribution < 1.29 is 13.5 Å². The Hall–Kier alpha value is -1.29. The van der Waals surface area contributed by atoms with E-state index in [2.05, 4.69) is 4.72 Å². The molecule has 1 aromatic rings. The second kappa shape index (κ2) is 5.16. The van der Waals surface area contributed by atoms with Gasteiger partial charge in [-0.3, -0.25) is 4.72 Å². The molecule has 0 fully saturated rings. The summed E-state index contributed by atoms with van der Waals surface area (Å²) in [6, 6.07) is 6.05. The Labute approximate surface area is 98.3 Å². The number of halogens is 1. The van der Waals surface area contributed by atoms with Gasteiger partial charge in [0, 0.05) is 0 Å². The summed E-state index contributed by atoms with van der Waals surface area (Å²) in [7, 11) is -3.56. The second-order valence-corrected chi connectivity index (χ2v) is 5.20. The van der Waals surface area contributed by atoms with Crippen LogP contribution in [0.3, 0.4) is 0 Å². The highest BCUT2D eigenvalue weighted by Gasteiger charge is 2.10. The molecular weight excluding hydrogens is 252 g/mol. The van der Waals surface area contributed by atoms with E-state index in [0.29, 0.717) is 0 Å². The van der Waals surface area contributed by atoms with E-state index in [1.54, 1.807) is 0 Å². The van der Waals surface area contributed by atoms with Crippen LogP contribution in [0.5, 0.6) is 0 Å². The summed E-state index contributed by atoms with van der Waals surface area (Å²) < 4.78 is 24.8. The van der Waals surface area contributed by atoms with Crippen LogP contribution in [0.2, 0.25) is 5.02 Å². The van der Waals surface area contributed by atoms with Gasteiger partial charge >= 0.3 is 0 Å². The molecule has 0 aliphatic rings. The maximum absolute atomic E-state index is 11.3. The number of aliphatic hydroxyl groups is 1. The number of rotatable bonds is 4. The molecule has 0 saturated carbocycles. The van der Waals surface area contributed by atoms with Crippen LogP contribution in [-0.2, 0) is 10.0 Å². The molecule has 1 rings (SSSR count). The fraction of sp³-hybridized carbons (Fsp3) is 0.222. The molecule has 0 atom stereocenters. The summed E-state index contributed by atoms with van der Waals surface area (Å²) in [6.45, 7) is -0.459. The minimum absolute atomic E-state index is 0.173. The van der Waals surface area contributed by atoms with Crippen LogP contribution < -0.4 is 4.72 Å². The Morgan fingerprint density at radius 3 is 2.69 bits per heavy atom. The number of anilines is 1. The van der Waals surface area contributed by atoms with Crippen LogP contribution in [0.4, 0.5) is 5.69 Å². The molecule has 86 valence electrons. The zero-order valence-corrected chi connectivity index (χ0v) is 9.72. The highest BCUT2D eigenvalue weighted by Crippen LogP contribution is 2.20. The number of sulfonamides is 1. The average molecular weight is 261 g/mol. The van der Waals surface area contributed by atoms with Gasteiger partial charge in [0.15, 0.2) is 0 Å². The van der Waals surface area contributed by atoms with Gasteiger partial charge in [0.25, 0.3) is 0 Å². The second-order valence-electron chi connectivity index (χ2n) is 2.95. The summed E-state index contributed by atoms with van der Waals surface area (Å²) in [6.07, 6.45) is 0. The van der Waals surface area contributed by atoms with Gasteiger partial charge in [-0.25, -0.2) is 8.42 Å². The molecule has 0 amide bonds. The molecule has 1 aromatic carbocycles. The molecule has 16 heavy (non-hydrogen) atoms. The van der Waals surface area contributed by atoms with Gasteiger partial charge in [0.1, 0.15) is 6.07 Å². The molecular formula is C9H9ClN2O3S. The first-order valence-corrected chi connectivity index (χ1v) is 6.32. The lowest BCUT2D eigenvalue weighted by molar-refractivity contribution is 0.320. The van der Waals surface area contributed by atoms with Crippen molar-refractivity contribution in [3.63, 3.8) is 0 Å². The third-order valence-electron chi connectivity index (χ3n) is 1.72. The maximum Gasteiger partial charge on any atom is 0.234 e. The predicted molar refractivity (Wildman–Crippen MR) is 60.7 cm³/mol. The first-order valence-electron chi connectivity index (χ1n) is 4.29. The lowest BCUT2D eigenvalue weighted by Gasteiger charge is -2.07. The van der Waals surface area contributed by atoms with E-state index in [0.717, 1.165) is 0 Å². The standard InChI is InChI=1S/C9H9ClN2O3S/c10-9-5-8(2-1-7(9)6-11)12-16(14,15)4-3-13/h1-2,5,12-13H,3-4H2. The minimum Gasteiger partial charge on any atom is -0.395 e. The molecule has 5 nitrogen and oxygen atoms in total. The van der Waals surface area contributed by atoms with E-state index >= 15 is 0 Å². The van der Waals surface area contributed by atoms with E-state index in [1.807, 2.05) is 6.07 Å². The molecule has 0 heterocycles. The van der Waals surface area contributed by atoms with Gasteiger partial charge in [-0.15, -0.1) is 0 Å². The molecule has 0 aromatic heterocycles. The van der Waals surface area contributed by atoms with Gasteiger partial charge < -0.3 is 5.11 Å². The summed E-state index contributed by atoms with van der Waals surface area (Å²) >= 11 is 5.73. The summed E-state index contributed by atoms with van der Waals surface area (Å²) in [5.41, 5.74) is 0.532. The van der Waals surface area contributed by atoms with E-state index in [1.165, 1.54) is 18.2 Å². The van der Waals surface area contributed by atoms with Gasteiger partial charge in [-0.1, -0.05) is 11.6 Å². The number of hydrogen-bond donors (Lipinski definition) is 2. The zero-order valence-electron chi connectivity index (χ0n) is 8.14. The maximum atomic E-state index is 11.3. The molecule has 7 heteroatoms. The molecule has 0 aliphatic carbocycles. The van der Waals surface area contributed by atoms with E-state index in [4.69, 9.17) is 22.0 Å². The van der Waals surface area contributed by atoms with E-state index in [9.17, 15) is 8.42 Å². The van der Waals surface area contributed by atoms with Crippen LogP contribution in [-0.4, -0.2) is 25.9 Å². The largest absolute Gasteiger partial charge is 0.395 e. The van der Waals surface area contributed by atoms with E-state index < -0.39 is 16.6 Å². The number of nitrogens with one attached hydrogen (secondary N) is 1. The molecule has 0 spiro atoms. The summed E-state index contributed by atoms with van der Waals surface area (Å²) in [5, 5.41) is 17.3. The summed E-state index contributed by atoms with van der Waals surface area (Å²) in [5.74, 6) is -0.384. The highest BCUT2D eigenvalue weighted by atomic mass is 35.5. The van der Waals surface area contributed by atoms with Crippen molar-refractivity contribution >= 4 is 27.3 Å². The monoisotopic (exact) mass is 260 g/mol. The Morgan fingerprint density at radius 2 is 2.19 bits per heavy atom. The fourth-order valence-corrected chi connectivity index (χ4v) is 2.07. The van der Waals surface area contributed by atoms with Crippen LogP contribution >= 0.6 is 11.6 Å². The number of nitrogens with zero attached hydrogens (tertiary/aromatic N) is 1. The average Bonchev–Trinajstić information content (AvgIpc) is 2.17. The Morgan fingerprint density at radius 1 is 1.50 bits per heavy atom. The fourth-order valence-electron chi connectivity index (χ4n) is 1.02. The van der Waals surface area contributed by atoms with Crippen molar-refractivity contribution in [2.24, 2.45) is 0 Å². The smallest absolute Gasteiger partial charge is 0.234 e. The number of aliphatic hydroxyl groups excluding tert-OH is 1. The third-order valence-corrected chi connectivity index (χ3v) is 3.30. The highest BCUT2D eigenvalue weighted by molar-refractivity contribution is 7.92. The minimum atomic E-state index is -3.56. The van der Waals surface area contributed by atoms with Gasteiger partial charge in [0.2, 0.25) is 10.0 Å². The molecule has 0 bridgehead atoms. The van der Waals surface area contributed by atoms with Crippen molar-refractivity contribution in [2.45, 2.75) is 0 Å². The molecule has 0 unspecified atom stereocenters. The van der Waals surface area contributed by atoms with Gasteiger partial charge in [-0.2, -0.15) is 5.26 Å². The molecule has 0 aliphatic heterocycles. The van der Waals surface area contributed by atoms with Crippen molar-refractivity contribution in [2.75, 3.05) is 17.1 Å². The Kier molecular flexibility index (Phi) is 4.12. The Bertz CT molecular complexity index is 522. The van der Waals surface area contributed by atoms with Crippen LogP contribution in [0, 0.1) is 11.3 Å². The SMILES string of the molecule is N#Cc1ccc(NS(=O)(=O)CCO)cc1Cl. The van der Waals surface area contributed by atoms with Crippen LogP contribution in [0.25, 0.3) is 0 Å². The number of hydrogen-bond acceptors (Lipinski definition) is 4. The van der Waals surface area contributed by atoms with Crippen molar-refractivity contribution in [3.05, 3.63) is 28.8 Å². The normalized spacial score (nSPS) is 10.8. The number of benzene rings is 1. The summed E-state index contributed by atoms with van der Waals surface area (Å²) in [4.78, 5) is 0. The zero-order chi connectivity index (χ0) is 12.2. The lowest BCUT2D eigenvalue weighted by Crippen LogP contribution is -2.18. The molecule has 0 saturated heterocycles. The van der Waals surface area contributed by atoms with Gasteiger partial charge in [-0.05, 0) is 18.2 Å². The number of nitriles is 1. The quantitative estimate of drug-likeness (QED) is 0.843. The van der Waals surface area contributed by atoms with Crippen molar-refractivity contribution in [3.8, 4) is 6.07 Å². The predicted octanol–water partition coefficient (Wildman–Crippen LogP) is 0.946. The first kappa shape index (κ1) is 12.8. The molecule has 0 radical (unpaired) electrons. The van der Waals surface area contributed by atoms with Crippen LogP contribution in [0.1, 0.15) is 5.56 Å². The Balaban J connectivity index is 2.93. The lowest BCUT2D eigenvalue weighted by atomic mass is 10.2. The third kappa shape index (κ3) is 3.38. The van der Waals surface area contributed by atoms with Crippen LogP contribution in [0.15, 0.2) is 18.2 Å². The topological polar surface area (TPSA) is 90.2 Å². The van der Waals surface area contributed by atoms with Crippen molar-refractivity contribution in [1.29, 1.82) is 5.26 Å². The van der Waals surface area contributed by atoms with Gasteiger partial charge in [0.05, 0.1) is 28.6 Å². The first-order chi connectivity index (χ1) is 7.48. The molecule has 2 N–H and O–H groups in total.